The zero-order chi connectivity index (χ0) is 12.2. The zero-order valence-electron chi connectivity index (χ0n) is 10.5. The molecule has 0 aliphatic carbocycles. The van der Waals surface area contributed by atoms with E-state index in [0.29, 0.717) is 11.7 Å². The molecule has 90 valence electrons. The molecule has 0 aliphatic heterocycles. The van der Waals surface area contributed by atoms with E-state index < -0.39 is 0 Å². The maximum atomic E-state index is 5.31. The van der Waals surface area contributed by atoms with Crippen molar-refractivity contribution in [3.05, 3.63) is 18.2 Å². The van der Waals surface area contributed by atoms with E-state index in [9.17, 15) is 0 Å². The van der Waals surface area contributed by atoms with E-state index in [-0.39, 0.29) is 5.41 Å². The molecule has 1 aromatic rings. The number of aromatic nitrogens is 1. The summed E-state index contributed by atoms with van der Waals surface area (Å²) in [6.07, 6.45) is 0. The fourth-order valence-electron chi connectivity index (χ4n) is 1.14. The van der Waals surface area contributed by atoms with Crippen LogP contribution in [0.2, 0.25) is 0 Å². The van der Waals surface area contributed by atoms with Crippen LogP contribution in [0.5, 0.6) is 0 Å². The highest BCUT2D eigenvalue weighted by molar-refractivity contribution is 5.44. The highest BCUT2D eigenvalue weighted by Gasteiger charge is 2.21. The molecule has 1 rings (SSSR count). The van der Waals surface area contributed by atoms with E-state index in [2.05, 4.69) is 43.4 Å². The predicted molar refractivity (Wildman–Crippen MR) is 69.2 cm³/mol. The van der Waals surface area contributed by atoms with E-state index in [0.717, 1.165) is 12.4 Å². The van der Waals surface area contributed by atoms with Crippen molar-refractivity contribution in [3.63, 3.8) is 0 Å². The highest BCUT2D eigenvalue weighted by Crippen LogP contribution is 2.26. The fraction of sp³-hybridized carbons (Fsp3) is 0.583. The first-order valence-electron chi connectivity index (χ1n) is 5.63. The first-order chi connectivity index (χ1) is 7.45. The van der Waals surface area contributed by atoms with Crippen molar-refractivity contribution in [2.24, 2.45) is 17.2 Å². The third kappa shape index (κ3) is 3.38. The molecule has 0 fully saturated rings. The molecular weight excluding hydrogens is 200 g/mol. The smallest absolute Gasteiger partial charge is 0.142 e. The van der Waals surface area contributed by atoms with Gasteiger partial charge < -0.3 is 10.7 Å². The number of hydrazine groups is 1. The normalized spacial score (nSPS) is 11.6. The molecule has 0 spiro atoms. The largest absolute Gasteiger partial charge is 0.369 e. The molecular formula is C12H22N4. The summed E-state index contributed by atoms with van der Waals surface area (Å²) in [5, 5.41) is 3.33. The van der Waals surface area contributed by atoms with Crippen molar-refractivity contribution >= 4 is 11.6 Å². The van der Waals surface area contributed by atoms with Gasteiger partial charge >= 0.3 is 0 Å². The van der Waals surface area contributed by atoms with Crippen LogP contribution >= 0.6 is 0 Å². The summed E-state index contributed by atoms with van der Waals surface area (Å²) in [4.78, 5) is 4.31. The Labute approximate surface area is 97.6 Å². The van der Waals surface area contributed by atoms with E-state index in [4.69, 9.17) is 5.84 Å². The molecule has 0 amide bonds. The molecule has 1 heterocycles. The van der Waals surface area contributed by atoms with E-state index in [1.807, 2.05) is 18.2 Å². The second-order valence-electron chi connectivity index (χ2n) is 5.05. The summed E-state index contributed by atoms with van der Waals surface area (Å²) in [5.41, 5.74) is 2.78. The van der Waals surface area contributed by atoms with Gasteiger partial charge in [0, 0.05) is 6.54 Å². The van der Waals surface area contributed by atoms with Crippen LogP contribution in [0.4, 0.5) is 11.6 Å². The Kier molecular flexibility index (Phi) is 4.12. The molecule has 0 unspecified atom stereocenters. The molecule has 0 aromatic carbocycles. The van der Waals surface area contributed by atoms with Crippen molar-refractivity contribution in [2.75, 3.05) is 17.3 Å². The Morgan fingerprint density at radius 3 is 2.50 bits per heavy atom. The number of nitrogens with zero attached hydrogens (tertiary/aromatic N) is 1. The fourth-order valence-corrected chi connectivity index (χ4v) is 1.14. The maximum Gasteiger partial charge on any atom is 0.142 e. The van der Waals surface area contributed by atoms with E-state index in [1.54, 1.807) is 0 Å². The summed E-state index contributed by atoms with van der Waals surface area (Å²) in [6.45, 7) is 9.84. The van der Waals surface area contributed by atoms with Gasteiger partial charge in [-0.3, -0.25) is 0 Å². The molecule has 4 heteroatoms. The Bertz CT molecular complexity index is 334. The minimum absolute atomic E-state index is 0.244. The summed E-state index contributed by atoms with van der Waals surface area (Å²) in [5.74, 6) is 7.45. The van der Waals surface area contributed by atoms with Gasteiger partial charge in [-0.15, -0.1) is 0 Å². The van der Waals surface area contributed by atoms with Gasteiger partial charge in [-0.2, -0.15) is 0 Å². The molecule has 4 N–H and O–H groups in total. The van der Waals surface area contributed by atoms with Gasteiger partial charge in [0.25, 0.3) is 0 Å². The van der Waals surface area contributed by atoms with Gasteiger partial charge in [0.15, 0.2) is 0 Å². The molecule has 0 aliphatic rings. The van der Waals surface area contributed by atoms with Crippen LogP contribution < -0.4 is 16.6 Å². The first kappa shape index (κ1) is 12.8. The lowest BCUT2D eigenvalue weighted by atomic mass is 9.81. The molecule has 0 saturated heterocycles. The molecule has 0 radical (unpaired) electrons. The molecule has 0 bridgehead atoms. The van der Waals surface area contributed by atoms with Crippen molar-refractivity contribution in [2.45, 2.75) is 27.7 Å². The number of hydrogen-bond donors (Lipinski definition) is 3. The molecule has 4 nitrogen and oxygen atoms in total. The first-order valence-corrected chi connectivity index (χ1v) is 5.63. The van der Waals surface area contributed by atoms with Crippen LogP contribution in [-0.4, -0.2) is 11.5 Å². The molecule has 0 saturated carbocycles. The van der Waals surface area contributed by atoms with Crippen LogP contribution in [0.25, 0.3) is 0 Å². The summed E-state index contributed by atoms with van der Waals surface area (Å²) < 4.78 is 0. The molecule has 1 aromatic heterocycles. The van der Waals surface area contributed by atoms with Gasteiger partial charge in [0.2, 0.25) is 0 Å². The monoisotopic (exact) mass is 222 g/mol. The number of nitrogens with one attached hydrogen (secondary N) is 2. The second kappa shape index (κ2) is 5.16. The van der Waals surface area contributed by atoms with Crippen LogP contribution in [0.3, 0.4) is 0 Å². The van der Waals surface area contributed by atoms with Gasteiger partial charge in [-0.25, -0.2) is 10.8 Å². The van der Waals surface area contributed by atoms with Gasteiger partial charge in [0.05, 0.1) is 0 Å². The average Bonchev–Trinajstić information content (AvgIpc) is 2.26. The summed E-state index contributed by atoms with van der Waals surface area (Å²) >= 11 is 0. The lowest BCUT2D eigenvalue weighted by molar-refractivity contribution is 0.269. The van der Waals surface area contributed by atoms with Crippen LogP contribution in [0, 0.1) is 11.3 Å². The number of nitrogens with two attached hydrogens (primary N) is 1. The Balaban J connectivity index is 2.60. The van der Waals surface area contributed by atoms with Crippen LogP contribution in [-0.2, 0) is 0 Å². The summed E-state index contributed by atoms with van der Waals surface area (Å²) in [6, 6.07) is 5.70. The highest BCUT2D eigenvalue weighted by atomic mass is 15.3. The Morgan fingerprint density at radius 1 is 1.31 bits per heavy atom. The number of anilines is 2. The predicted octanol–water partition coefficient (Wildman–Crippen LogP) is 2.46. The SMILES string of the molecule is CC(C)C(C)(C)CNc1cccc(NN)n1. The van der Waals surface area contributed by atoms with Crippen molar-refractivity contribution in [1.82, 2.24) is 4.98 Å². The quantitative estimate of drug-likeness (QED) is 0.529. The second-order valence-corrected chi connectivity index (χ2v) is 5.05. The number of rotatable bonds is 5. The number of hydrogen-bond acceptors (Lipinski definition) is 4. The Hall–Kier alpha value is -1.29. The van der Waals surface area contributed by atoms with E-state index >= 15 is 0 Å². The lowest BCUT2D eigenvalue weighted by Crippen LogP contribution is -2.28. The van der Waals surface area contributed by atoms with E-state index in [1.165, 1.54) is 0 Å². The minimum Gasteiger partial charge on any atom is -0.369 e. The van der Waals surface area contributed by atoms with Crippen LogP contribution in [0.15, 0.2) is 18.2 Å². The standard InChI is InChI=1S/C12H22N4/c1-9(2)12(3,4)8-14-10-6-5-7-11(15-10)16-13/h5-7,9H,8,13H2,1-4H3,(H2,14,15,16). The average molecular weight is 222 g/mol. The molecule has 16 heavy (non-hydrogen) atoms. The van der Waals surface area contributed by atoms with Crippen molar-refractivity contribution in [1.29, 1.82) is 0 Å². The minimum atomic E-state index is 0.244. The summed E-state index contributed by atoms with van der Waals surface area (Å²) in [7, 11) is 0. The van der Waals surface area contributed by atoms with Crippen molar-refractivity contribution in [3.8, 4) is 0 Å². The van der Waals surface area contributed by atoms with Crippen LogP contribution in [0.1, 0.15) is 27.7 Å². The lowest BCUT2D eigenvalue weighted by Gasteiger charge is -2.29. The third-order valence-corrected chi connectivity index (χ3v) is 3.19. The zero-order valence-corrected chi connectivity index (χ0v) is 10.5. The van der Waals surface area contributed by atoms with Crippen molar-refractivity contribution < 1.29 is 0 Å². The maximum absolute atomic E-state index is 5.31. The molecule has 0 atom stereocenters. The Morgan fingerprint density at radius 2 is 1.94 bits per heavy atom. The third-order valence-electron chi connectivity index (χ3n) is 3.19. The number of pyridine rings is 1. The van der Waals surface area contributed by atoms with Gasteiger partial charge in [-0.1, -0.05) is 33.8 Å². The number of nitrogen functional groups attached to an aromatic ring is 1. The van der Waals surface area contributed by atoms with Gasteiger partial charge in [-0.05, 0) is 23.5 Å². The topological polar surface area (TPSA) is 63.0 Å². The van der Waals surface area contributed by atoms with Gasteiger partial charge in [0.1, 0.15) is 11.6 Å².